The number of fused-ring (bicyclic) bond motifs is 1. The van der Waals surface area contributed by atoms with E-state index in [9.17, 15) is 13.2 Å². The molecule has 0 aliphatic rings. The summed E-state index contributed by atoms with van der Waals surface area (Å²) < 4.78 is 28.6. The standard InChI is InChI=1S/C18H13N3O4S2/c1-27(23,24)10-15-20-21-17(25-15)16(22)18-19-13-8-7-12(9-14(13)26-18)11-5-3-2-4-6-11/h2-9H,10H2,1H3. The van der Waals surface area contributed by atoms with Crippen LogP contribution in [0.4, 0.5) is 0 Å². The Labute approximate surface area is 158 Å². The molecule has 0 unspecified atom stereocenters. The number of benzene rings is 2. The monoisotopic (exact) mass is 399 g/mol. The van der Waals surface area contributed by atoms with Crippen molar-refractivity contribution in [1.82, 2.24) is 15.2 Å². The minimum absolute atomic E-state index is 0.117. The van der Waals surface area contributed by atoms with Crippen LogP contribution in [0, 0.1) is 0 Å². The molecule has 9 heteroatoms. The molecule has 0 N–H and O–H groups in total. The Hall–Kier alpha value is -2.91. The Morgan fingerprint density at radius 1 is 1.07 bits per heavy atom. The summed E-state index contributed by atoms with van der Waals surface area (Å²) in [5.41, 5.74) is 2.79. The Morgan fingerprint density at radius 2 is 1.85 bits per heavy atom. The van der Waals surface area contributed by atoms with Crippen molar-refractivity contribution in [2.45, 2.75) is 5.75 Å². The Balaban J connectivity index is 1.65. The number of aromatic nitrogens is 3. The second-order valence-electron chi connectivity index (χ2n) is 5.97. The van der Waals surface area contributed by atoms with Gasteiger partial charge in [-0.3, -0.25) is 4.79 Å². The summed E-state index contributed by atoms with van der Waals surface area (Å²) >= 11 is 1.22. The number of rotatable bonds is 5. The van der Waals surface area contributed by atoms with Gasteiger partial charge in [-0.2, -0.15) is 0 Å². The summed E-state index contributed by atoms with van der Waals surface area (Å²) in [4.78, 5) is 16.9. The van der Waals surface area contributed by atoms with Crippen LogP contribution in [0.15, 0.2) is 52.9 Å². The van der Waals surface area contributed by atoms with E-state index in [1.165, 1.54) is 11.3 Å². The number of sulfone groups is 1. The van der Waals surface area contributed by atoms with Gasteiger partial charge in [-0.25, -0.2) is 13.4 Å². The summed E-state index contributed by atoms with van der Waals surface area (Å²) in [6.07, 6.45) is 1.05. The van der Waals surface area contributed by atoms with Crippen molar-refractivity contribution in [3.8, 4) is 11.1 Å². The van der Waals surface area contributed by atoms with Gasteiger partial charge < -0.3 is 4.42 Å². The van der Waals surface area contributed by atoms with Crippen molar-refractivity contribution in [3.63, 3.8) is 0 Å². The Morgan fingerprint density at radius 3 is 2.59 bits per heavy atom. The molecule has 0 spiro atoms. The van der Waals surface area contributed by atoms with E-state index in [0.717, 1.165) is 22.1 Å². The van der Waals surface area contributed by atoms with Crippen molar-refractivity contribution >= 4 is 37.2 Å². The van der Waals surface area contributed by atoms with Crippen LogP contribution in [0.3, 0.4) is 0 Å². The molecule has 0 aliphatic heterocycles. The van der Waals surface area contributed by atoms with E-state index in [1.54, 1.807) is 0 Å². The van der Waals surface area contributed by atoms with Gasteiger partial charge in [0.15, 0.2) is 14.8 Å². The maximum Gasteiger partial charge on any atom is 0.291 e. The summed E-state index contributed by atoms with van der Waals surface area (Å²) in [5, 5.41) is 7.48. The van der Waals surface area contributed by atoms with Gasteiger partial charge in [-0.05, 0) is 23.3 Å². The van der Waals surface area contributed by atoms with Crippen LogP contribution in [0.25, 0.3) is 21.3 Å². The molecule has 0 aliphatic carbocycles. The van der Waals surface area contributed by atoms with Crippen molar-refractivity contribution in [2.24, 2.45) is 0 Å². The van der Waals surface area contributed by atoms with E-state index in [0.29, 0.717) is 5.52 Å². The average molecular weight is 399 g/mol. The van der Waals surface area contributed by atoms with E-state index in [4.69, 9.17) is 4.42 Å². The minimum atomic E-state index is -3.33. The van der Waals surface area contributed by atoms with Gasteiger partial charge in [0.05, 0.1) is 10.2 Å². The van der Waals surface area contributed by atoms with Crippen molar-refractivity contribution < 1.29 is 17.6 Å². The number of hydrogen-bond acceptors (Lipinski definition) is 8. The maximum absolute atomic E-state index is 12.6. The van der Waals surface area contributed by atoms with Gasteiger partial charge in [0, 0.05) is 6.26 Å². The van der Waals surface area contributed by atoms with Crippen molar-refractivity contribution in [1.29, 1.82) is 0 Å². The second kappa shape index (κ2) is 6.67. The van der Waals surface area contributed by atoms with Gasteiger partial charge in [0.25, 0.3) is 11.7 Å². The van der Waals surface area contributed by atoms with Crippen LogP contribution in [0.5, 0.6) is 0 Å². The van der Waals surface area contributed by atoms with Gasteiger partial charge >= 0.3 is 0 Å². The van der Waals surface area contributed by atoms with Crippen LogP contribution < -0.4 is 0 Å². The fraction of sp³-hybridized carbons (Fsp3) is 0.111. The van der Waals surface area contributed by atoms with Crippen LogP contribution in [0.2, 0.25) is 0 Å². The zero-order valence-electron chi connectivity index (χ0n) is 14.1. The predicted molar refractivity (Wildman–Crippen MR) is 101 cm³/mol. The molecule has 2 aromatic heterocycles. The maximum atomic E-state index is 12.6. The highest BCUT2D eigenvalue weighted by atomic mass is 32.2. The fourth-order valence-corrected chi connectivity index (χ4v) is 4.05. The third kappa shape index (κ3) is 3.79. The normalized spacial score (nSPS) is 11.7. The molecule has 0 fully saturated rings. The molecular weight excluding hydrogens is 386 g/mol. The molecule has 0 radical (unpaired) electrons. The smallest absolute Gasteiger partial charge is 0.291 e. The molecule has 4 rings (SSSR count). The Bertz CT molecular complexity index is 1240. The molecule has 2 heterocycles. The number of carbonyl (C=O) groups excluding carboxylic acids is 1. The van der Waals surface area contributed by atoms with Gasteiger partial charge in [0.1, 0.15) is 5.75 Å². The van der Waals surface area contributed by atoms with Crippen LogP contribution in [-0.4, -0.2) is 35.6 Å². The molecule has 0 saturated carbocycles. The zero-order valence-corrected chi connectivity index (χ0v) is 15.8. The second-order valence-corrected chi connectivity index (χ2v) is 9.14. The highest BCUT2D eigenvalue weighted by Gasteiger charge is 2.22. The lowest BCUT2D eigenvalue weighted by Crippen LogP contribution is -2.01. The first-order valence-electron chi connectivity index (χ1n) is 7.90. The first kappa shape index (κ1) is 17.5. The van der Waals surface area contributed by atoms with E-state index >= 15 is 0 Å². The predicted octanol–water partition coefficient (Wildman–Crippen LogP) is 3.12. The third-order valence-corrected chi connectivity index (χ3v) is 5.52. The number of thiazole rings is 1. The summed E-state index contributed by atoms with van der Waals surface area (Å²) in [6.45, 7) is 0. The molecule has 4 aromatic rings. The average Bonchev–Trinajstić information content (AvgIpc) is 3.26. The van der Waals surface area contributed by atoms with E-state index in [-0.39, 0.29) is 16.8 Å². The molecule has 136 valence electrons. The molecule has 0 bridgehead atoms. The van der Waals surface area contributed by atoms with Gasteiger partial charge in [0.2, 0.25) is 5.89 Å². The van der Waals surface area contributed by atoms with Crippen molar-refractivity contribution in [2.75, 3.05) is 6.26 Å². The number of hydrogen-bond donors (Lipinski definition) is 0. The number of carbonyl (C=O) groups is 1. The largest absolute Gasteiger partial charge is 0.417 e. The van der Waals surface area contributed by atoms with Gasteiger partial charge in [-0.1, -0.05) is 36.4 Å². The summed E-state index contributed by atoms with van der Waals surface area (Å²) in [7, 11) is -3.33. The van der Waals surface area contributed by atoms with Crippen molar-refractivity contribution in [3.05, 3.63) is 65.3 Å². The highest BCUT2D eigenvalue weighted by Crippen LogP contribution is 2.29. The van der Waals surface area contributed by atoms with E-state index in [2.05, 4.69) is 15.2 Å². The molecule has 2 aromatic carbocycles. The van der Waals surface area contributed by atoms with Crippen LogP contribution >= 0.6 is 11.3 Å². The van der Waals surface area contributed by atoms with Gasteiger partial charge in [-0.15, -0.1) is 21.5 Å². The van der Waals surface area contributed by atoms with Crippen LogP contribution in [-0.2, 0) is 15.6 Å². The molecular formula is C18H13N3O4S2. The lowest BCUT2D eigenvalue weighted by Gasteiger charge is -2.00. The molecule has 27 heavy (non-hydrogen) atoms. The molecule has 7 nitrogen and oxygen atoms in total. The fourth-order valence-electron chi connectivity index (χ4n) is 2.55. The SMILES string of the molecule is CS(=O)(=O)Cc1nnc(C(=O)c2nc3ccc(-c4ccccc4)cc3s2)o1. The van der Waals surface area contributed by atoms with E-state index < -0.39 is 21.4 Å². The summed E-state index contributed by atoms with van der Waals surface area (Å²) in [5.74, 6) is -1.32. The quantitative estimate of drug-likeness (QED) is 0.475. The molecule has 0 saturated heterocycles. The highest BCUT2D eigenvalue weighted by molar-refractivity contribution is 7.89. The lowest BCUT2D eigenvalue weighted by atomic mass is 10.1. The first-order valence-corrected chi connectivity index (χ1v) is 10.8. The Kier molecular flexibility index (Phi) is 4.33. The molecule has 0 atom stereocenters. The first-order chi connectivity index (χ1) is 12.9. The van der Waals surface area contributed by atoms with Crippen LogP contribution in [0.1, 0.15) is 21.6 Å². The molecule has 0 amide bonds. The lowest BCUT2D eigenvalue weighted by molar-refractivity contribution is 0.100. The summed E-state index contributed by atoms with van der Waals surface area (Å²) in [6, 6.07) is 15.7. The minimum Gasteiger partial charge on any atom is -0.417 e. The third-order valence-electron chi connectivity index (χ3n) is 3.74. The topological polar surface area (TPSA) is 103 Å². The zero-order chi connectivity index (χ0) is 19.0. The number of ketones is 1. The number of nitrogens with zero attached hydrogens (tertiary/aromatic N) is 3. The van der Waals surface area contributed by atoms with E-state index in [1.807, 2.05) is 48.5 Å².